The lowest BCUT2D eigenvalue weighted by Gasteiger charge is -2.32. The molecule has 1 fully saturated rings. The van der Waals surface area contributed by atoms with Crippen molar-refractivity contribution in [3.8, 4) is 11.1 Å². The summed E-state index contributed by atoms with van der Waals surface area (Å²) in [5.41, 5.74) is 4.19. The van der Waals surface area contributed by atoms with Crippen LogP contribution in [0.25, 0.3) is 55.0 Å². The number of halogens is 1. The summed E-state index contributed by atoms with van der Waals surface area (Å²) in [5.74, 6) is 0. The summed E-state index contributed by atoms with van der Waals surface area (Å²) < 4.78 is 24.3. The maximum absolute atomic E-state index is 11.3. The van der Waals surface area contributed by atoms with Crippen LogP contribution in [0.3, 0.4) is 0 Å². The van der Waals surface area contributed by atoms with Crippen molar-refractivity contribution in [1.82, 2.24) is 0 Å². The van der Waals surface area contributed by atoms with Gasteiger partial charge in [-0.15, -0.1) is 0 Å². The third-order valence-electron chi connectivity index (χ3n) is 9.79. The molecule has 8 aromatic rings. The molecule has 0 saturated carbocycles. The predicted octanol–water partition coefficient (Wildman–Crippen LogP) is 11.4. The van der Waals surface area contributed by atoms with Crippen molar-refractivity contribution < 1.29 is 28.0 Å². The largest absolute Gasteiger partial charge is 0.501 e. The van der Waals surface area contributed by atoms with E-state index < -0.39 is 23.2 Å². The summed E-state index contributed by atoms with van der Waals surface area (Å²) in [4.78, 5) is 21.5. The topological polar surface area (TPSA) is 131 Å². The van der Waals surface area contributed by atoms with Crippen LogP contribution in [0.15, 0.2) is 147 Å². The summed E-state index contributed by atoms with van der Waals surface area (Å²) in [6, 6.07) is 40.9. The highest BCUT2D eigenvalue weighted by atomic mass is 79.9. The molecule has 54 heavy (non-hydrogen) atoms. The molecular weight excluding hydrogens is 751 g/mol. The summed E-state index contributed by atoms with van der Waals surface area (Å²) >= 11 is 3.48. The molecule has 0 spiro atoms. The van der Waals surface area contributed by atoms with Gasteiger partial charge in [0.2, 0.25) is 0 Å². The van der Waals surface area contributed by atoms with Crippen LogP contribution in [0.4, 0.5) is 11.4 Å². The second-order valence-corrected chi connectivity index (χ2v) is 14.5. The first-order valence-corrected chi connectivity index (χ1v) is 17.9. The van der Waals surface area contributed by atoms with E-state index in [1.165, 1.54) is 17.5 Å². The number of nitrogens with zero attached hydrogens (tertiary/aromatic N) is 2. The zero-order valence-electron chi connectivity index (χ0n) is 29.8. The van der Waals surface area contributed by atoms with E-state index in [1.807, 2.05) is 100 Å². The van der Waals surface area contributed by atoms with E-state index in [-0.39, 0.29) is 16.3 Å². The smallest absolute Gasteiger partial charge is 0.455 e. The Morgan fingerprint density at radius 1 is 0.519 bits per heavy atom. The number of para-hydroxylation sites is 6. The first-order valence-electron chi connectivity index (χ1n) is 17.1. The second kappa shape index (κ2) is 14.5. The van der Waals surface area contributed by atoms with Crippen LogP contribution >= 0.6 is 15.9 Å². The van der Waals surface area contributed by atoms with Crippen LogP contribution in [-0.2, 0) is 9.31 Å². The Morgan fingerprint density at radius 2 is 0.963 bits per heavy atom. The average Bonchev–Trinajstić information content (AvgIpc) is 3.81. The van der Waals surface area contributed by atoms with Crippen LogP contribution in [0.2, 0.25) is 0 Å². The Hall–Kier alpha value is -5.82. The van der Waals surface area contributed by atoms with Gasteiger partial charge in [0.05, 0.1) is 36.5 Å². The number of rotatable bonds is 4. The Labute approximate surface area is 318 Å². The first kappa shape index (κ1) is 36.5. The van der Waals surface area contributed by atoms with Gasteiger partial charge in [-0.1, -0.05) is 97.1 Å². The minimum atomic E-state index is -0.698. The number of hydrogen-bond donors (Lipinski definition) is 0. The molecule has 0 unspecified atom stereocenters. The monoisotopic (exact) mass is 784 g/mol. The van der Waals surface area contributed by atoms with Crippen molar-refractivity contribution in [3.63, 3.8) is 0 Å². The standard InChI is InChI=1S/C18H11NO3.C12H16BNO4.C12H7BrO/c20-19(21)16-10-3-1-6-12(16)14-8-5-9-15-13-7-2-4-11-17(13)22-18(14)15;1-11(2)12(3,4)18-13(17-11)9-7-5-6-8-10(9)14(15)16;13-10-6-3-5-9-8-4-1-2-7-11(8)14-12(9)10/h1-11H;5-8H,1-4H3;1-7H. The van der Waals surface area contributed by atoms with Gasteiger partial charge in [-0.25, -0.2) is 0 Å². The SMILES string of the molecule is Brc1cccc2c1oc1ccccc12.CC1(C)OB(c2ccccc2[N+](=O)[O-])OC1(C)C.O=[N+]([O-])c1ccccc1-c1cccc2c1oc1ccccc12. The molecule has 6 aromatic carbocycles. The number of fused-ring (bicyclic) bond motifs is 6. The molecule has 1 saturated heterocycles. The summed E-state index contributed by atoms with van der Waals surface area (Å²) in [7, 11) is -0.698. The van der Waals surface area contributed by atoms with Gasteiger partial charge in [0.15, 0.2) is 0 Å². The van der Waals surface area contributed by atoms with Gasteiger partial charge in [0.25, 0.3) is 11.4 Å². The molecule has 3 heterocycles. The minimum absolute atomic E-state index is 0.0241. The van der Waals surface area contributed by atoms with E-state index in [0.29, 0.717) is 16.6 Å². The Kier molecular flexibility index (Phi) is 9.84. The van der Waals surface area contributed by atoms with Gasteiger partial charge < -0.3 is 18.1 Å². The van der Waals surface area contributed by atoms with Crippen LogP contribution in [0.1, 0.15) is 27.7 Å². The molecule has 0 atom stereocenters. The average molecular weight is 785 g/mol. The molecule has 0 radical (unpaired) electrons. The number of benzene rings is 6. The highest BCUT2D eigenvalue weighted by Gasteiger charge is 2.53. The quantitative estimate of drug-likeness (QED) is 0.0979. The molecule has 0 aliphatic carbocycles. The van der Waals surface area contributed by atoms with Crippen molar-refractivity contribution in [1.29, 1.82) is 0 Å². The number of furan rings is 2. The second-order valence-electron chi connectivity index (χ2n) is 13.7. The van der Waals surface area contributed by atoms with E-state index in [2.05, 4.69) is 28.1 Å². The third-order valence-corrected chi connectivity index (χ3v) is 10.4. The Morgan fingerprint density at radius 3 is 1.57 bits per heavy atom. The number of nitro benzene ring substituents is 2. The van der Waals surface area contributed by atoms with Crippen LogP contribution < -0.4 is 5.46 Å². The van der Waals surface area contributed by atoms with Crippen molar-refractivity contribution in [2.45, 2.75) is 38.9 Å². The first-order chi connectivity index (χ1) is 25.9. The molecule has 0 N–H and O–H groups in total. The van der Waals surface area contributed by atoms with E-state index in [4.69, 9.17) is 18.1 Å². The predicted molar refractivity (Wildman–Crippen MR) is 216 cm³/mol. The third kappa shape index (κ3) is 6.87. The zero-order chi connectivity index (χ0) is 38.2. The summed E-state index contributed by atoms with van der Waals surface area (Å²) in [5, 5.41) is 26.6. The molecule has 9 rings (SSSR count). The van der Waals surface area contributed by atoms with Gasteiger partial charge in [-0.2, -0.15) is 0 Å². The van der Waals surface area contributed by atoms with Gasteiger partial charge in [0, 0.05) is 39.2 Å². The fourth-order valence-corrected chi connectivity index (χ4v) is 6.80. The van der Waals surface area contributed by atoms with Crippen LogP contribution in [0.5, 0.6) is 0 Å². The number of nitro groups is 2. The van der Waals surface area contributed by atoms with Gasteiger partial charge in [-0.3, -0.25) is 20.2 Å². The van der Waals surface area contributed by atoms with Crippen molar-refractivity contribution in [2.24, 2.45) is 0 Å². The maximum Gasteiger partial charge on any atom is 0.501 e. The molecule has 0 amide bonds. The van der Waals surface area contributed by atoms with E-state index in [1.54, 1.807) is 36.4 Å². The van der Waals surface area contributed by atoms with E-state index >= 15 is 0 Å². The van der Waals surface area contributed by atoms with E-state index in [9.17, 15) is 20.2 Å². The molecule has 0 bridgehead atoms. The highest BCUT2D eigenvalue weighted by molar-refractivity contribution is 9.10. The van der Waals surface area contributed by atoms with Gasteiger partial charge in [0.1, 0.15) is 22.3 Å². The summed E-state index contributed by atoms with van der Waals surface area (Å²) in [6.45, 7) is 7.67. The normalized spacial score (nSPS) is 14.4. The molecular formula is C42H34BBrN2O8. The lowest BCUT2D eigenvalue weighted by molar-refractivity contribution is -0.384. The van der Waals surface area contributed by atoms with Crippen LogP contribution in [-0.4, -0.2) is 28.2 Å². The molecule has 10 nitrogen and oxygen atoms in total. The van der Waals surface area contributed by atoms with E-state index in [0.717, 1.165) is 42.9 Å². The zero-order valence-corrected chi connectivity index (χ0v) is 31.4. The van der Waals surface area contributed by atoms with Crippen LogP contribution in [0, 0.1) is 20.2 Å². The molecule has 270 valence electrons. The molecule has 2 aromatic heterocycles. The fraction of sp³-hybridized carbons (Fsp3) is 0.143. The lowest BCUT2D eigenvalue weighted by Crippen LogP contribution is -2.41. The van der Waals surface area contributed by atoms with Gasteiger partial charge >= 0.3 is 7.12 Å². The maximum atomic E-state index is 11.3. The highest BCUT2D eigenvalue weighted by Crippen LogP contribution is 2.39. The lowest BCUT2D eigenvalue weighted by atomic mass is 9.78. The fourth-order valence-electron chi connectivity index (χ4n) is 6.36. The Balaban J connectivity index is 0.000000128. The van der Waals surface area contributed by atoms with Crippen molar-refractivity contribution >= 4 is 83.8 Å². The Bertz CT molecular complexity index is 2670. The molecule has 12 heteroatoms. The molecule has 1 aliphatic rings. The van der Waals surface area contributed by atoms with Crippen molar-refractivity contribution in [2.75, 3.05) is 0 Å². The summed E-state index contributed by atoms with van der Waals surface area (Å²) in [6.07, 6.45) is 0. The number of hydrogen-bond acceptors (Lipinski definition) is 8. The minimum Gasteiger partial charge on any atom is -0.455 e. The van der Waals surface area contributed by atoms with Gasteiger partial charge in [-0.05, 0) is 67.9 Å². The molecule has 1 aliphatic heterocycles. The van der Waals surface area contributed by atoms with Crippen molar-refractivity contribution in [3.05, 3.63) is 158 Å².